The number of nitriles is 1. The third-order valence-electron chi connectivity index (χ3n) is 5.66. The molecule has 0 atom stereocenters. The number of benzene rings is 4. The molecule has 0 saturated heterocycles. The van der Waals surface area contributed by atoms with E-state index in [4.69, 9.17) is 32.7 Å². The molecular formula is C29H21Cl2N3O5. The van der Waals surface area contributed by atoms with Crippen molar-refractivity contribution >= 4 is 57.3 Å². The molecule has 4 aromatic carbocycles. The first-order valence-electron chi connectivity index (χ1n) is 11.7. The van der Waals surface area contributed by atoms with Gasteiger partial charge in [-0.05, 0) is 59.2 Å². The lowest BCUT2D eigenvalue weighted by Gasteiger charge is -2.15. The smallest absolute Gasteiger partial charge is 0.294 e. The van der Waals surface area contributed by atoms with E-state index < -0.39 is 16.5 Å². The molecule has 0 aliphatic heterocycles. The molecule has 196 valence electrons. The Labute approximate surface area is 234 Å². The normalized spacial score (nSPS) is 11.1. The highest BCUT2D eigenvalue weighted by atomic mass is 35.5. The van der Waals surface area contributed by atoms with Crippen LogP contribution in [0.25, 0.3) is 16.8 Å². The van der Waals surface area contributed by atoms with Crippen molar-refractivity contribution in [3.63, 3.8) is 0 Å². The van der Waals surface area contributed by atoms with Crippen LogP contribution in [0.1, 0.15) is 18.1 Å². The summed E-state index contributed by atoms with van der Waals surface area (Å²) in [4.78, 5) is 23.5. The fourth-order valence-corrected chi connectivity index (χ4v) is 4.35. The van der Waals surface area contributed by atoms with E-state index in [0.717, 1.165) is 22.4 Å². The molecule has 8 nitrogen and oxygen atoms in total. The number of nitro benzene ring substituents is 1. The molecule has 1 N–H and O–H groups in total. The summed E-state index contributed by atoms with van der Waals surface area (Å²) in [6.45, 7) is 2.36. The van der Waals surface area contributed by atoms with Crippen molar-refractivity contribution < 1.29 is 19.2 Å². The average Bonchev–Trinajstić information content (AvgIpc) is 2.92. The Kier molecular flexibility index (Phi) is 8.67. The van der Waals surface area contributed by atoms with E-state index in [1.807, 2.05) is 48.5 Å². The summed E-state index contributed by atoms with van der Waals surface area (Å²) in [7, 11) is 0. The number of amides is 1. The van der Waals surface area contributed by atoms with E-state index in [0.29, 0.717) is 23.7 Å². The van der Waals surface area contributed by atoms with Crippen LogP contribution in [0.15, 0.2) is 78.4 Å². The van der Waals surface area contributed by atoms with Gasteiger partial charge in [0, 0.05) is 11.1 Å². The SMILES string of the molecule is CCOc1cc(/C=C(\C#N)C(=O)Nc2ccc(Cl)cc2[N+](=O)[O-])cc(Cl)c1OCc1cccc2ccccc12. The van der Waals surface area contributed by atoms with Crippen LogP contribution >= 0.6 is 23.2 Å². The molecule has 0 unspecified atom stereocenters. The highest BCUT2D eigenvalue weighted by Gasteiger charge is 2.19. The number of hydrogen-bond acceptors (Lipinski definition) is 6. The Morgan fingerprint density at radius 1 is 1.08 bits per heavy atom. The van der Waals surface area contributed by atoms with Gasteiger partial charge in [-0.3, -0.25) is 14.9 Å². The molecule has 0 aliphatic carbocycles. The third-order valence-corrected chi connectivity index (χ3v) is 6.18. The van der Waals surface area contributed by atoms with Gasteiger partial charge in [0.25, 0.3) is 11.6 Å². The third kappa shape index (κ3) is 6.47. The minimum Gasteiger partial charge on any atom is -0.490 e. The summed E-state index contributed by atoms with van der Waals surface area (Å²) < 4.78 is 11.8. The van der Waals surface area contributed by atoms with Crippen molar-refractivity contribution in [2.45, 2.75) is 13.5 Å². The van der Waals surface area contributed by atoms with Crippen LogP contribution < -0.4 is 14.8 Å². The molecule has 1 amide bonds. The molecule has 10 heteroatoms. The number of hydrogen-bond donors (Lipinski definition) is 1. The van der Waals surface area contributed by atoms with Crippen LogP contribution in [0, 0.1) is 21.4 Å². The predicted molar refractivity (Wildman–Crippen MR) is 151 cm³/mol. The zero-order chi connectivity index (χ0) is 27.9. The van der Waals surface area contributed by atoms with E-state index in [1.165, 1.54) is 24.3 Å². The zero-order valence-electron chi connectivity index (χ0n) is 20.6. The van der Waals surface area contributed by atoms with Gasteiger partial charge in [-0.25, -0.2) is 0 Å². The number of nitrogens with one attached hydrogen (secondary N) is 1. The van der Waals surface area contributed by atoms with Crippen molar-refractivity contribution in [2.24, 2.45) is 0 Å². The highest BCUT2D eigenvalue weighted by molar-refractivity contribution is 6.32. The van der Waals surface area contributed by atoms with Crippen molar-refractivity contribution in [3.8, 4) is 17.6 Å². The minimum absolute atomic E-state index is 0.0965. The van der Waals surface area contributed by atoms with Crippen molar-refractivity contribution in [3.05, 3.63) is 110 Å². The van der Waals surface area contributed by atoms with Crippen LogP contribution in [0.4, 0.5) is 11.4 Å². The van der Waals surface area contributed by atoms with Gasteiger partial charge in [-0.15, -0.1) is 0 Å². The fourth-order valence-electron chi connectivity index (χ4n) is 3.91. The van der Waals surface area contributed by atoms with Gasteiger partial charge in [0.1, 0.15) is 23.9 Å². The lowest BCUT2D eigenvalue weighted by Crippen LogP contribution is -2.14. The molecule has 0 saturated carbocycles. The summed E-state index contributed by atoms with van der Waals surface area (Å²) in [5.74, 6) is -0.181. The summed E-state index contributed by atoms with van der Waals surface area (Å²) in [6.07, 6.45) is 1.31. The highest BCUT2D eigenvalue weighted by Crippen LogP contribution is 2.38. The number of anilines is 1. The van der Waals surface area contributed by atoms with Crippen LogP contribution in [0.3, 0.4) is 0 Å². The maximum Gasteiger partial charge on any atom is 0.294 e. The van der Waals surface area contributed by atoms with Gasteiger partial charge in [-0.2, -0.15) is 5.26 Å². The molecule has 0 fully saturated rings. The largest absolute Gasteiger partial charge is 0.490 e. The minimum atomic E-state index is -0.840. The molecule has 0 aromatic heterocycles. The number of rotatable bonds is 9. The molecule has 0 radical (unpaired) electrons. The molecule has 0 spiro atoms. The molecule has 4 aromatic rings. The lowest BCUT2D eigenvalue weighted by atomic mass is 10.1. The van der Waals surface area contributed by atoms with Crippen molar-refractivity contribution in [1.29, 1.82) is 5.26 Å². The van der Waals surface area contributed by atoms with E-state index in [1.54, 1.807) is 13.0 Å². The Bertz CT molecular complexity index is 1640. The summed E-state index contributed by atoms with van der Waals surface area (Å²) >= 11 is 12.4. The van der Waals surface area contributed by atoms with Gasteiger partial charge in [-0.1, -0.05) is 65.7 Å². The van der Waals surface area contributed by atoms with E-state index in [9.17, 15) is 20.2 Å². The number of carbonyl (C=O) groups excluding carboxylic acids is 1. The number of halogens is 2. The second-order valence-corrected chi connectivity index (χ2v) is 9.08. The maximum atomic E-state index is 12.8. The summed E-state index contributed by atoms with van der Waals surface area (Å²) in [6, 6.07) is 22.7. The topological polar surface area (TPSA) is 114 Å². The molecule has 0 bridgehead atoms. The maximum absolute atomic E-state index is 12.8. The lowest BCUT2D eigenvalue weighted by molar-refractivity contribution is -0.383. The number of nitrogens with zero attached hydrogens (tertiary/aromatic N) is 2. The monoisotopic (exact) mass is 561 g/mol. The fraction of sp³-hybridized carbons (Fsp3) is 0.103. The Hall–Kier alpha value is -4.58. The quantitative estimate of drug-likeness (QED) is 0.0974. The first-order chi connectivity index (χ1) is 18.8. The number of nitro groups is 1. The summed E-state index contributed by atoms with van der Waals surface area (Å²) in [5.41, 5.74) is 0.569. The van der Waals surface area contributed by atoms with Crippen LogP contribution in [-0.2, 0) is 11.4 Å². The molecule has 0 heterocycles. The van der Waals surface area contributed by atoms with Gasteiger partial charge < -0.3 is 14.8 Å². The first kappa shape index (κ1) is 27.5. The Morgan fingerprint density at radius 3 is 2.59 bits per heavy atom. The first-order valence-corrected chi connectivity index (χ1v) is 12.5. The second kappa shape index (κ2) is 12.3. The summed E-state index contributed by atoms with van der Waals surface area (Å²) in [5, 5.41) is 25.9. The molecular weight excluding hydrogens is 541 g/mol. The van der Waals surface area contributed by atoms with E-state index in [-0.39, 0.29) is 27.9 Å². The number of fused-ring (bicyclic) bond motifs is 1. The number of ether oxygens (including phenoxy) is 2. The van der Waals surface area contributed by atoms with Crippen LogP contribution in [0.2, 0.25) is 10.0 Å². The van der Waals surface area contributed by atoms with Gasteiger partial charge >= 0.3 is 0 Å². The molecule has 4 rings (SSSR count). The average molecular weight is 562 g/mol. The predicted octanol–water partition coefficient (Wildman–Crippen LogP) is 7.58. The zero-order valence-corrected chi connectivity index (χ0v) is 22.1. The number of carbonyl (C=O) groups is 1. The van der Waals surface area contributed by atoms with Gasteiger partial charge in [0.2, 0.25) is 0 Å². The Morgan fingerprint density at radius 2 is 1.85 bits per heavy atom. The van der Waals surface area contributed by atoms with Crippen molar-refractivity contribution in [1.82, 2.24) is 0 Å². The Balaban J connectivity index is 1.61. The molecule has 0 aliphatic rings. The van der Waals surface area contributed by atoms with Crippen LogP contribution in [0.5, 0.6) is 11.5 Å². The standard InChI is InChI=1S/C29H21Cl2N3O5/c1-2-38-27-14-18(12-21(16-32)29(35)33-25-11-10-22(30)15-26(25)34(36)37)13-24(31)28(27)39-17-20-8-5-7-19-6-3-4-9-23(19)20/h3-15H,2,17H2,1H3,(H,33,35)/b21-12+. The second-order valence-electron chi connectivity index (χ2n) is 8.23. The van der Waals surface area contributed by atoms with Crippen LogP contribution in [-0.4, -0.2) is 17.4 Å². The molecule has 39 heavy (non-hydrogen) atoms. The van der Waals surface area contributed by atoms with Gasteiger partial charge in [0.05, 0.1) is 16.6 Å². The van der Waals surface area contributed by atoms with E-state index >= 15 is 0 Å². The van der Waals surface area contributed by atoms with Crippen molar-refractivity contribution in [2.75, 3.05) is 11.9 Å². The van der Waals surface area contributed by atoms with E-state index in [2.05, 4.69) is 5.32 Å². The van der Waals surface area contributed by atoms with Gasteiger partial charge in [0.15, 0.2) is 11.5 Å².